The van der Waals surface area contributed by atoms with Gasteiger partial charge in [-0.05, 0) is 30.0 Å². The van der Waals surface area contributed by atoms with Crippen LogP contribution in [0.4, 0.5) is 4.39 Å². The third-order valence-electron chi connectivity index (χ3n) is 5.20. The lowest BCUT2D eigenvalue weighted by Crippen LogP contribution is -2.48. The molecular weight excluding hydrogens is 472 g/mol. The highest BCUT2D eigenvalue weighted by Crippen LogP contribution is 2.27. The summed E-state index contributed by atoms with van der Waals surface area (Å²) in [5.74, 6) is 1.21. The molecule has 2 aromatic rings. The maximum Gasteiger partial charge on any atom is 0.193 e. The van der Waals surface area contributed by atoms with E-state index in [0.717, 1.165) is 31.0 Å². The van der Waals surface area contributed by atoms with Gasteiger partial charge in [-0.15, -0.1) is 24.0 Å². The largest absolute Gasteiger partial charge is 0.380 e. The lowest BCUT2D eigenvalue weighted by molar-refractivity contribution is 0.181. The van der Waals surface area contributed by atoms with Crippen LogP contribution in [-0.2, 0) is 17.9 Å². The highest BCUT2D eigenvalue weighted by molar-refractivity contribution is 14.0. The molecule has 1 aliphatic heterocycles. The molecule has 1 aliphatic rings. The number of aliphatic imine (C=N–C) groups is 1. The first-order chi connectivity index (χ1) is 13.1. The number of aromatic nitrogens is 2. The first-order valence-electron chi connectivity index (χ1n) is 9.31. The Morgan fingerprint density at radius 2 is 2.25 bits per heavy atom. The molecule has 1 aromatic carbocycles. The average molecular weight is 501 g/mol. The van der Waals surface area contributed by atoms with Crippen LogP contribution in [0.3, 0.4) is 0 Å². The molecule has 0 saturated carbocycles. The van der Waals surface area contributed by atoms with Gasteiger partial charge in [0.1, 0.15) is 5.82 Å². The summed E-state index contributed by atoms with van der Waals surface area (Å²) in [5.41, 5.74) is 1.57. The van der Waals surface area contributed by atoms with Crippen molar-refractivity contribution in [3.63, 3.8) is 0 Å². The van der Waals surface area contributed by atoms with E-state index < -0.39 is 0 Å². The number of hydrogen-bond acceptors (Lipinski definition) is 3. The smallest absolute Gasteiger partial charge is 0.193 e. The maximum atomic E-state index is 13.8. The normalized spacial score (nSPS) is 20.0. The molecule has 154 valence electrons. The Balaban J connectivity index is 0.00000280. The fraction of sp³-hybridized carbons (Fsp3) is 0.500. The Hall–Kier alpha value is -1.68. The van der Waals surface area contributed by atoms with Crippen molar-refractivity contribution in [3.05, 3.63) is 53.9 Å². The second-order valence-electron chi connectivity index (χ2n) is 7.05. The minimum absolute atomic E-state index is 0. The number of nitrogens with zero attached hydrogens (tertiary/aromatic N) is 4. The van der Waals surface area contributed by atoms with Gasteiger partial charge < -0.3 is 19.5 Å². The molecule has 0 bridgehead atoms. The highest BCUT2D eigenvalue weighted by Gasteiger charge is 2.28. The molecule has 2 unspecified atom stereocenters. The molecule has 0 amide bonds. The summed E-state index contributed by atoms with van der Waals surface area (Å²) < 4.78 is 21.0. The number of methoxy groups -OCH3 is 1. The van der Waals surface area contributed by atoms with Gasteiger partial charge in [-0.3, -0.25) is 4.99 Å². The lowest BCUT2D eigenvalue weighted by Gasteiger charge is -2.39. The number of rotatable bonds is 5. The number of imidazole rings is 1. The molecule has 1 saturated heterocycles. The van der Waals surface area contributed by atoms with Crippen LogP contribution >= 0.6 is 24.0 Å². The van der Waals surface area contributed by atoms with Crippen molar-refractivity contribution in [2.45, 2.75) is 32.5 Å². The first-order valence-corrected chi connectivity index (χ1v) is 9.31. The van der Waals surface area contributed by atoms with Gasteiger partial charge in [0.25, 0.3) is 0 Å². The number of nitrogens with one attached hydrogen (secondary N) is 1. The second-order valence-corrected chi connectivity index (χ2v) is 7.05. The minimum atomic E-state index is -0.238. The fourth-order valence-corrected chi connectivity index (χ4v) is 3.61. The first kappa shape index (κ1) is 22.6. The predicted octanol–water partition coefficient (Wildman–Crippen LogP) is 3.45. The van der Waals surface area contributed by atoms with Crippen LogP contribution in [0, 0.1) is 11.7 Å². The molecule has 0 radical (unpaired) electrons. The molecular formula is C20H29FIN5O. The van der Waals surface area contributed by atoms with Crippen LogP contribution in [0.2, 0.25) is 0 Å². The molecule has 1 fully saturated rings. The second kappa shape index (κ2) is 10.8. The van der Waals surface area contributed by atoms with Gasteiger partial charge >= 0.3 is 0 Å². The fourth-order valence-electron chi connectivity index (χ4n) is 3.61. The molecule has 8 heteroatoms. The van der Waals surface area contributed by atoms with Crippen LogP contribution in [0.25, 0.3) is 0 Å². The van der Waals surface area contributed by atoms with Gasteiger partial charge in [0, 0.05) is 51.7 Å². The Morgan fingerprint density at radius 1 is 1.43 bits per heavy atom. The summed E-state index contributed by atoms with van der Waals surface area (Å²) in [4.78, 5) is 10.9. The molecule has 3 rings (SSSR count). The third kappa shape index (κ3) is 5.44. The molecule has 1 aromatic heterocycles. The van der Waals surface area contributed by atoms with Gasteiger partial charge in [-0.25, -0.2) is 9.37 Å². The number of benzene rings is 1. The molecule has 2 atom stereocenters. The van der Waals surface area contributed by atoms with E-state index >= 15 is 0 Å². The van der Waals surface area contributed by atoms with Gasteiger partial charge in [-0.2, -0.15) is 0 Å². The zero-order valence-electron chi connectivity index (χ0n) is 16.6. The van der Waals surface area contributed by atoms with Crippen molar-refractivity contribution in [2.75, 3.05) is 27.2 Å². The molecule has 6 nitrogen and oxygen atoms in total. The number of ether oxygens (including phenoxy) is 1. The Bertz CT molecular complexity index is 768. The highest BCUT2D eigenvalue weighted by atomic mass is 127. The van der Waals surface area contributed by atoms with Crippen molar-refractivity contribution in [1.29, 1.82) is 0 Å². The summed E-state index contributed by atoms with van der Waals surface area (Å²) in [6, 6.07) is 5.50. The van der Waals surface area contributed by atoms with E-state index in [4.69, 9.17) is 4.74 Å². The average Bonchev–Trinajstić information content (AvgIpc) is 3.20. The van der Waals surface area contributed by atoms with E-state index in [9.17, 15) is 4.39 Å². The van der Waals surface area contributed by atoms with Crippen LogP contribution in [0.1, 0.15) is 30.5 Å². The zero-order chi connectivity index (χ0) is 19.2. The van der Waals surface area contributed by atoms with Gasteiger partial charge in [0.05, 0.1) is 19.0 Å². The monoisotopic (exact) mass is 501 g/mol. The van der Waals surface area contributed by atoms with E-state index in [1.165, 1.54) is 6.07 Å². The van der Waals surface area contributed by atoms with E-state index in [1.807, 2.05) is 24.8 Å². The predicted molar refractivity (Wildman–Crippen MR) is 119 cm³/mol. The van der Waals surface area contributed by atoms with E-state index in [2.05, 4.69) is 31.7 Å². The molecule has 28 heavy (non-hydrogen) atoms. The maximum absolute atomic E-state index is 13.8. The van der Waals surface area contributed by atoms with Crippen LogP contribution in [-0.4, -0.2) is 47.7 Å². The SMILES string of the molecule is CN=C(NCc1ccc(F)c(COC)c1)N1CCC(C)C(n2ccnc2)C1.I. The third-order valence-corrected chi connectivity index (χ3v) is 5.20. The Labute approximate surface area is 183 Å². The van der Waals surface area contributed by atoms with E-state index in [1.54, 1.807) is 20.2 Å². The molecule has 1 N–H and O–H groups in total. The molecule has 2 heterocycles. The Kier molecular flexibility index (Phi) is 8.68. The summed E-state index contributed by atoms with van der Waals surface area (Å²) in [6.45, 7) is 4.99. The van der Waals surface area contributed by atoms with E-state index in [0.29, 0.717) is 24.1 Å². The topological polar surface area (TPSA) is 54.7 Å². The summed E-state index contributed by atoms with van der Waals surface area (Å²) in [6.07, 6.45) is 6.83. The lowest BCUT2D eigenvalue weighted by atomic mass is 9.93. The minimum Gasteiger partial charge on any atom is -0.380 e. The number of halogens is 2. The van der Waals surface area contributed by atoms with Gasteiger partial charge in [0.15, 0.2) is 5.96 Å². The van der Waals surface area contributed by atoms with Crippen molar-refractivity contribution < 1.29 is 9.13 Å². The Morgan fingerprint density at radius 3 is 2.93 bits per heavy atom. The van der Waals surface area contributed by atoms with Gasteiger partial charge in [-0.1, -0.05) is 13.0 Å². The van der Waals surface area contributed by atoms with Crippen molar-refractivity contribution in [1.82, 2.24) is 19.8 Å². The number of likely N-dealkylation sites (tertiary alicyclic amines) is 1. The summed E-state index contributed by atoms with van der Waals surface area (Å²) in [5, 5.41) is 3.41. The zero-order valence-corrected chi connectivity index (χ0v) is 19.0. The van der Waals surface area contributed by atoms with Crippen molar-refractivity contribution >= 4 is 29.9 Å². The quantitative estimate of drug-likeness (QED) is 0.388. The summed E-state index contributed by atoms with van der Waals surface area (Å²) >= 11 is 0. The van der Waals surface area contributed by atoms with Gasteiger partial charge in [0.2, 0.25) is 0 Å². The molecule has 0 aliphatic carbocycles. The summed E-state index contributed by atoms with van der Waals surface area (Å²) in [7, 11) is 3.37. The van der Waals surface area contributed by atoms with E-state index in [-0.39, 0.29) is 36.4 Å². The number of hydrogen-bond donors (Lipinski definition) is 1. The van der Waals surface area contributed by atoms with Crippen LogP contribution in [0.5, 0.6) is 0 Å². The van der Waals surface area contributed by atoms with Crippen molar-refractivity contribution in [3.8, 4) is 0 Å². The van der Waals surface area contributed by atoms with Crippen molar-refractivity contribution in [2.24, 2.45) is 10.9 Å². The van der Waals surface area contributed by atoms with Crippen LogP contribution in [0.15, 0.2) is 41.9 Å². The number of guanidine groups is 1. The molecule has 0 spiro atoms. The van der Waals surface area contributed by atoms with Crippen LogP contribution < -0.4 is 5.32 Å². The standard InChI is InChI=1S/C20H28FN5O.HI/c1-15-6-8-25(12-19(15)26-9-7-23-14-26)20(22-2)24-11-16-4-5-18(21)17(10-16)13-27-3;/h4-5,7,9-10,14-15,19H,6,8,11-13H2,1-3H3,(H,22,24);1H. The number of piperidine rings is 1.